The van der Waals surface area contributed by atoms with Crippen LogP contribution in [0.25, 0.3) is 21.5 Å². The molecule has 3 aromatic heterocycles. The monoisotopic (exact) mass is 377 g/mol. The number of pyridine rings is 1. The van der Waals surface area contributed by atoms with E-state index in [0.29, 0.717) is 21.4 Å². The average molecular weight is 377 g/mol. The SMILES string of the molecule is Nc1c(/C([O-])=N/c2c[n+](C3CC3)no2)sc2nc(-c3ccccc3)ccc12. The number of nitrogen functional groups attached to an aromatic ring is 1. The number of nitrogens with zero attached hydrogens (tertiary/aromatic N) is 4. The average Bonchev–Trinajstić information content (AvgIpc) is 3.36. The number of rotatable bonds is 4. The van der Waals surface area contributed by atoms with Gasteiger partial charge in [-0.25, -0.2) is 9.98 Å². The molecule has 0 radical (unpaired) electrons. The van der Waals surface area contributed by atoms with Crippen LogP contribution in [-0.2, 0) is 0 Å². The predicted octanol–water partition coefficient (Wildman–Crippen LogP) is 2.59. The number of thiophene rings is 1. The second kappa shape index (κ2) is 6.17. The van der Waals surface area contributed by atoms with Crippen LogP contribution in [-0.4, -0.2) is 16.2 Å². The molecular weight excluding hydrogens is 362 g/mol. The Kier molecular flexibility index (Phi) is 3.64. The maximum absolute atomic E-state index is 12.6. The molecule has 7 nitrogen and oxygen atoms in total. The third kappa shape index (κ3) is 2.93. The van der Waals surface area contributed by atoms with Gasteiger partial charge in [0.15, 0.2) is 6.04 Å². The van der Waals surface area contributed by atoms with Gasteiger partial charge in [-0.05, 0) is 16.8 Å². The molecule has 1 aliphatic rings. The smallest absolute Gasteiger partial charge is 0.320 e. The minimum Gasteiger partial charge on any atom is -0.857 e. The fraction of sp³-hybridized carbons (Fsp3) is 0.158. The lowest BCUT2D eigenvalue weighted by molar-refractivity contribution is -0.765. The molecule has 0 aliphatic heterocycles. The van der Waals surface area contributed by atoms with Crippen LogP contribution in [0.15, 0.2) is 58.2 Å². The third-order valence-electron chi connectivity index (χ3n) is 4.46. The van der Waals surface area contributed by atoms with E-state index < -0.39 is 5.90 Å². The third-order valence-corrected chi connectivity index (χ3v) is 5.56. The zero-order valence-corrected chi connectivity index (χ0v) is 15.0. The van der Waals surface area contributed by atoms with Crippen molar-refractivity contribution in [3.8, 4) is 11.3 Å². The summed E-state index contributed by atoms with van der Waals surface area (Å²) >= 11 is 1.24. The van der Waals surface area contributed by atoms with Crippen LogP contribution in [0, 0.1) is 0 Å². The van der Waals surface area contributed by atoms with Crippen LogP contribution in [0.2, 0.25) is 0 Å². The standard InChI is InChI=1S/C19H15N5O2S/c20-16-13-8-9-14(11-4-2-1-3-5-11)21-19(13)27-17(16)18(25)22-15-10-24(23-26-15)12-6-7-12/h1-5,8-10,12H,6-7H2,(H2-,20,22,23,25). The molecule has 0 amide bonds. The number of benzene rings is 1. The Morgan fingerprint density at radius 1 is 1.22 bits per heavy atom. The first kappa shape index (κ1) is 16.0. The Morgan fingerprint density at radius 3 is 2.81 bits per heavy atom. The first-order chi connectivity index (χ1) is 13.2. The van der Waals surface area contributed by atoms with E-state index >= 15 is 0 Å². The highest BCUT2D eigenvalue weighted by molar-refractivity contribution is 7.21. The topological polar surface area (TPSA) is 104 Å². The second-order valence-corrected chi connectivity index (χ2v) is 7.43. The Labute approximate surface area is 158 Å². The van der Waals surface area contributed by atoms with E-state index in [2.05, 4.69) is 15.2 Å². The summed E-state index contributed by atoms with van der Waals surface area (Å²) in [6.07, 6.45) is 3.79. The van der Waals surface area contributed by atoms with Gasteiger partial charge in [-0.3, -0.25) is 4.52 Å². The van der Waals surface area contributed by atoms with E-state index in [4.69, 9.17) is 10.3 Å². The van der Waals surface area contributed by atoms with E-state index in [1.165, 1.54) is 11.3 Å². The van der Waals surface area contributed by atoms with Crippen LogP contribution >= 0.6 is 11.3 Å². The maximum Gasteiger partial charge on any atom is 0.320 e. The van der Waals surface area contributed by atoms with Crippen LogP contribution in [0.5, 0.6) is 0 Å². The van der Waals surface area contributed by atoms with Gasteiger partial charge in [0.1, 0.15) is 4.83 Å². The summed E-state index contributed by atoms with van der Waals surface area (Å²) in [7, 11) is 0. The summed E-state index contributed by atoms with van der Waals surface area (Å²) in [5, 5.41) is 17.2. The number of anilines is 1. The molecule has 3 heterocycles. The van der Waals surface area contributed by atoms with Crippen LogP contribution in [0.1, 0.15) is 23.8 Å². The van der Waals surface area contributed by atoms with Gasteiger partial charge in [-0.15, -0.1) is 11.3 Å². The van der Waals surface area contributed by atoms with E-state index in [1.807, 2.05) is 42.5 Å². The number of fused-ring (bicyclic) bond motifs is 1. The van der Waals surface area contributed by atoms with Crippen molar-refractivity contribution in [3.05, 3.63) is 53.5 Å². The number of hydrogen-bond donors (Lipinski definition) is 1. The highest BCUT2D eigenvalue weighted by Crippen LogP contribution is 2.34. The van der Waals surface area contributed by atoms with Gasteiger partial charge in [0.25, 0.3) is 6.20 Å². The fourth-order valence-corrected chi connectivity index (χ4v) is 3.86. The first-order valence-corrected chi connectivity index (χ1v) is 9.39. The van der Waals surface area contributed by atoms with Crippen molar-refractivity contribution in [2.75, 3.05) is 5.73 Å². The van der Waals surface area contributed by atoms with E-state index in [0.717, 1.165) is 29.5 Å². The minimum atomic E-state index is -0.448. The quantitative estimate of drug-likeness (QED) is 0.334. The Morgan fingerprint density at radius 2 is 2.04 bits per heavy atom. The Hall–Kier alpha value is -3.26. The summed E-state index contributed by atoms with van der Waals surface area (Å²) < 4.78 is 6.83. The molecule has 0 atom stereocenters. The van der Waals surface area contributed by atoms with Crippen molar-refractivity contribution in [1.29, 1.82) is 0 Å². The van der Waals surface area contributed by atoms with Gasteiger partial charge in [0.05, 0.1) is 16.3 Å². The second-order valence-electron chi connectivity index (χ2n) is 6.43. The molecule has 1 aliphatic carbocycles. The molecule has 1 saturated carbocycles. The number of aliphatic imine (C=N–C) groups is 1. The lowest BCUT2D eigenvalue weighted by atomic mass is 10.1. The van der Waals surface area contributed by atoms with Crippen LogP contribution in [0.3, 0.4) is 0 Å². The number of hydrogen-bond acceptors (Lipinski definition) is 7. The summed E-state index contributed by atoms with van der Waals surface area (Å²) in [4.78, 5) is 9.73. The first-order valence-electron chi connectivity index (χ1n) is 8.58. The summed E-state index contributed by atoms with van der Waals surface area (Å²) in [6.45, 7) is 0. The summed E-state index contributed by atoms with van der Waals surface area (Å²) in [5.41, 5.74) is 8.42. The van der Waals surface area contributed by atoms with Gasteiger partial charge >= 0.3 is 5.88 Å². The number of aromatic nitrogens is 3. The summed E-state index contributed by atoms with van der Waals surface area (Å²) in [5.74, 6) is -0.266. The molecule has 1 aromatic carbocycles. The summed E-state index contributed by atoms with van der Waals surface area (Å²) in [6, 6.07) is 14.0. The molecule has 0 bridgehead atoms. The highest BCUT2D eigenvalue weighted by atomic mass is 32.1. The molecule has 8 heteroatoms. The molecular formula is C19H15N5O2S. The lowest BCUT2D eigenvalue weighted by Crippen LogP contribution is -2.32. The van der Waals surface area contributed by atoms with Gasteiger partial charge in [-0.2, -0.15) is 0 Å². The van der Waals surface area contributed by atoms with E-state index in [1.54, 1.807) is 10.9 Å². The molecule has 0 spiro atoms. The molecule has 134 valence electrons. The molecule has 4 aromatic rings. The van der Waals surface area contributed by atoms with Crippen LogP contribution < -0.4 is 15.5 Å². The Balaban J connectivity index is 1.52. The lowest BCUT2D eigenvalue weighted by Gasteiger charge is -2.06. The van der Waals surface area contributed by atoms with Crippen molar-refractivity contribution in [2.24, 2.45) is 4.99 Å². The fourth-order valence-electron chi connectivity index (χ4n) is 2.89. The van der Waals surface area contributed by atoms with Crippen molar-refractivity contribution in [2.45, 2.75) is 18.9 Å². The van der Waals surface area contributed by atoms with Crippen molar-refractivity contribution in [3.63, 3.8) is 0 Å². The van der Waals surface area contributed by atoms with Gasteiger partial charge in [0.2, 0.25) is 5.27 Å². The molecule has 1 fully saturated rings. The molecule has 2 N–H and O–H groups in total. The highest BCUT2D eigenvalue weighted by Gasteiger charge is 2.35. The number of nitrogens with two attached hydrogens (primary N) is 1. The largest absolute Gasteiger partial charge is 0.857 e. The van der Waals surface area contributed by atoms with Crippen LogP contribution in [0.4, 0.5) is 11.6 Å². The van der Waals surface area contributed by atoms with Gasteiger partial charge < -0.3 is 10.8 Å². The van der Waals surface area contributed by atoms with Crippen molar-refractivity contribution in [1.82, 2.24) is 10.3 Å². The van der Waals surface area contributed by atoms with E-state index in [9.17, 15) is 5.11 Å². The normalized spacial score (nSPS) is 14.7. The minimum absolute atomic E-state index is 0.182. The maximum atomic E-state index is 12.6. The van der Waals surface area contributed by atoms with Crippen molar-refractivity contribution < 1.29 is 14.3 Å². The predicted molar refractivity (Wildman–Crippen MR) is 101 cm³/mol. The zero-order valence-electron chi connectivity index (χ0n) is 14.2. The van der Waals surface area contributed by atoms with Gasteiger partial charge in [-0.1, -0.05) is 30.3 Å². The van der Waals surface area contributed by atoms with Crippen molar-refractivity contribution >= 4 is 39.0 Å². The molecule has 0 saturated heterocycles. The zero-order chi connectivity index (χ0) is 18.4. The molecule has 5 rings (SSSR count). The van der Waals surface area contributed by atoms with E-state index in [-0.39, 0.29) is 5.88 Å². The molecule has 0 unspecified atom stereocenters. The van der Waals surface area contributed by atoms with Gasteiger partial charge in [0, 0.05) is 29.7 Å². The molecule has 27 heavy (non-hydrogen) atoms. The Bertz CT molecular complexity index is 1160.